The zero-order valence-electron chi connectivity index (χ0n) is 51.3. The van der Waals surface area contributed by atoms with Crippen molar-refractivity contribution in [2.45, 2.75) is 314 Å². The minimum absolute atomic E-state index is 0.0398. The van der Waals surface area contributed by atoms with Crippen molar-refractivity contribution in [1.82, 2.24) is 0 Å². The zero-order valence-corrected chi connectivity index (χ0v) is 51.3. The highest BCUT2D eigenvalue weighted by molar-refractivity contribution is 5.74. The number of aliphatic hydroxyl groups is 2. The normalized spacial score (nSPS) is 18.3. The van der Waals surface area contributed by atoms with Gasteiger partial charge in [0.05, 0.1) is 6.61 Å². The largest absolute Gasteiger partial charge is 0.479 e. The first-order valence-electron chi connectivity index (χ1n) is 32.6. The number of carboxylic acid groups (broad SMARTS) is 1. The summed E-state index contributed by atoms with van der Waals surface area (Å²) in [7, 11) is 0. The summed E-state index contributed by atoms with van der Waals surface area (Å²) in [6.07, 6.45) is 61.0. The van der Waals surface area contributed by atoms with E-state index in [1.807, 2.05) is 0 Å². The fraction of sp³-hybridized carbons (Fsp3) is 0.739. The average Bonchev–Trinajstić information content (AvgIpc) is 3.53. The molecule has 3 N–H and O–H groups in total. The highest BCUT2D eigenvalue weighted by Crippen LogP contribution is 2.26. The molecule has 0 amide bonds. The van der Waals surface area contributed by atoms with Crippen LogP contribution in [-0.4, -0.2) is 89.2 Å². The number of carboxylic acids is 1. The Labute approximate surface area is 492 Å². The molecule has 0 aromatic heterocycles. The number of hydrogen-bond donors (Lipinski definition) is 3. The smallest absolute Gasteiger partial charge is 0.335 e. The molecule has 12 nitrogen and oxygen atoms in total. The molecule has 12 heteroatoms. The fourth-order valence-corrected chi connectivity index (χ4v) is 9.38. The fourth-order valence-electron chi connectivity index (χ4n) is 9.38. The van der Waals surface area contributed by atoms with Crippen LogP contribution in [0.4, 0.5) is 0 Å². The number of unbranched alkanes of at least 4 members (excludes halogenated alkanes) is 27. The van der Waals surface area contributed by atoms with E-state index in [0.29, 0.717) is 19.3 Å². The summed E-state index contributed by atoms with van der Waals surface area (Å²) in [6.45, 7) is 5.91. The average molecular weight is 1140 g/mol. The molecule has 1 fully saturated rings. The van der Waals surface area contributed by atoms with E-state index in [-0.39, 0.29) is 25.9 Å². The molecule has 6 unspecified atom stereocenters. The van der Waals surface area contributed by atoms with Crippen molar-refractivity contribution in [2.75, 3.05) is 13.2 Å². The van der Waals surface area contributed by atoms with E-state index in [0.717, 1.165) is 141 Å². The summed E-state index contributed by atoms with van der Waals surface area (Å²) in [4.78, 5) is 51.3. The van der Waals surface area contributed by atoms with Gasteiger partial charge in [-0.3, -0.25) is 14.4 Å². The number of ether oxygens (including phenoxy) is 5. The first kappa shape index (κ1) is 74.9. The Balaban J connectivity index is 2.69. The maximum absolute atomic E-state index is 13.2. The molecule has 1 saturated heterocycles. The van der Waals surface area contributed by atoms with Crippen LogP contribution in [0.5, 0.6) is 0 Å². The maximum atomic E-state index is 13.2. The summed E-state index contributed by atoms with van der Waals surface area (Å²) in [5.74, 6) is -3.16. The first-order valence-corrected chi connectivity index (χ1v) is 32.6. The molecule has 0 spiro atoms. The Morgan fingerprint density at radius 2 is 0.741 bits per heavy atom. The topological polar surface area (TPSA) is 175 Å². The van der Waals surface area contributed by atoms with Crippen molar-refractivity contribution in [3.8, 4) is 0 Å². The van der Waals surface area contributed by atoms with Gasteiger partial charge < -0.3 is 39.0 Å². The second-order valence-electron chi connectivity index (χ2n) is 22.0. The molecule has 1 aliphatic rings. The van der Waals surface area contributed by atoms with E-state index in [1.165, 1.54) is 77.0 Å². The van der Waals surface area contributed by atoms with Gasteiger partial charge in [0.1, 0.15) is 18.8 Å². The van der Waals surface area contributed by atoms with Crippen LogP contribution in [0.3, 0.4) is 0 Å². The third-order valence-electron chi connectivity index (χ3n) is 14.4. The lowest BCUT2D eigenvalue weighted by Gasteiger charge is -2.40. The van der Waals surface area contributed by atoms with Crippen molar-refractivity contribution in [3.05, 3.63) is 85.1 Å². The van der Waals surface area contributed by atoms with Gasteiger partial charge in [-0.05, 0) is 122 Å². The van der Waals surface area contributed by atoms with Gasteiger partial charge in [-0.1, -0.05) is 221 Å². The molecule has 0 radical (unpaired) electrons. The van der Waals surface area contributed by atoms with Gasteiger partial charge in [-0.25, -0.2) is 4.79 Å². The third kappa shape index (κ3) is 46.0. The second-order valence-corrected chi connectivity index (χ2v) is 22.0. The van der Waals surface area contributed by atoms with E-state index in [1.54, 1.807) is 0 Å². The molecule has 0 saturated carbocycles. The predicted molar refractivity (Wildman–Crippen MR) is 331 cm³/mol. The summed E-state index contributed by atoms with van der Waals surface area (Å²) >= 11 is 0. The molecule has 1 heterocycles. The highest BCUT2D eigenvalue weighted by atomic mass is 16.7. The molecule has 6 atom stereocenters. The van der Waals surface area contributed by atoms with Crippen LogP contribution in [0, 0.1) is 0 Å². The highest BCUT2D eigenvalue weighted by Gasteiger charge is 2.50. The maximum Gasteiger partial charge on any atom is 0.335 e. The molecule has 81 heavy (non-hydrogen) atoms. The van der Waals surface area contributed by atoms with E-state index in [4.69, 9.17) is 23.7 Å². The van der Waals surface area contributed by atoms with E-state index < -0.39 is 67.3 Å². The van der Waals surface area contributed by atoms with Crippen LogP contribution in [0.2, 0.25) is 0 Å². The summed E-state index contributed by atoms with van der Waals surface area (Å²) in [5, 5.41) is 31.6. The molecule has 0 aliphatic carbocycles. The van der Waals surface area contributed by atoms with Crippen molar-refractivity contribution in [3.63, 3.8) is 0 Å². The third-order valence-corrected chi connectivity index (χ3v) is 14.4. The van der Waals surface area contributed by atoms with Crippen molar-refractivity contribution in [1.29, 1.82) is 0 Å². The van der Waals surface area contributed by atoms with Crippen LogP contribution < -0.4 is 0 Å². The van der Waals surface area contributed by atoms with E-state index >= 15 is 0 Å². The lowest BCUT2D eigenvalue weighted by Crippen LogP contribution is -2.61. The summed E-state index contributed by atoms with van der Waals surface area (Å²) in [6, 6.07) is 0. The van der Waals surface area contributed by atoms with Crippen LogP contribution in [-0.2, 0) is 42.9 Å². The molecule has 0 aromatic carbocycles. The Bertz CT molecular complexity index is 1730. The molecule has 1 aliphatic heterocycles. The van der Waals surface area contributed by atoms with E-state index in [9.17, 15) is 34.5 Å². The zero-order chi connectivity index (χ0) is 58.9. The second kappa shape index (κ2) is 56.4. The first-order chi connectivity index (χ1) is 39.6. The number of allylic oxidation sites excluding steroid dienone is 14. The molecular weight excluding hydrogens is 1020 g/mol. The number of carbonyl (C=O) groups excluding carboxylic acids is 3. The van der Waals surface area contributed by atoms with Crippen LogP contribution >= 0.6 is 0 Å². The lowest BCUT2D eigenvalue weighted by molar-refractivity contribution is -0.301. The Morgan fingerprint density at radius 1 is 0.407 bits per heavy atom. The Hall–Kier alpha value is -4.10. The summed E-state index contributed by atoms with van der Waals surface area (Å²) < 4.78 is 28.5. The Kier molecular flexibility index (Phi) is 52.1. The lowest BCUT2D eigenvalue weighted by atomic mass is 9.98. The minimum atomic E-state index is -1.91. The van der Waals surface area contributed by atoms with Crippen LogP contribution in [0.1, 0.15) is 278 Å². The SMILES string of the molecule is CCCCC/C=C\C/C=C\C/C=C\CCCCCCCCC(=O)OCC(COC1OC(C(=O)O)C(O)C(O)C1OC(=O)CCCCCCC/C=C\C/C=C\CCCCC)OC(=O)CCCCCCCCC/C=C\C/C=C\CCCCC. The molecule has 0 bridgehead atoms. The van der Waals surface area contributed by atoms with Gasteiger partial charge >= 0.3 is 23.9 Å². The van der Waals surface area contributed by atoms with Crippen molar-refractivity contribution >= 4 is 23.9 Å². The monoisotopic (exact) mass is 1140 g/mol. The number of aliphatic hydroxyl groups excluding tert-OH is 2. The van der Waals surface area contributed by atoms with E-state index in [2.05, 4.69) is 106 Å². The molecule has 1 rings (SSSR count). The van der Waals surface area contributed by atoms with Gasteiger partial charge in [-0.2, -0.15) is 0 Å². The number of rotatable bonds is 55. The number of aliphatic carboxylic acids is 1. The van der Waals surface area contributed by atoms with Crippen molar-refractivity contribution < 1.29 is 58.2 Å². The van der Waals surface area contributed by atoms with Gasteiger partial charge in [0, 0.05) is 19.3 Å². The van der Waals surface area contributed by atoms with Gasteiger partial charge in [0.25, 0.3) is 0 Å². The standard InChI is InChI=1S/C69H116O12/c1-4-7-10-13-16-19-22-25-28-30-31-33-35-37-40-43-46-49-52-55-61(70)77-58-60(79-62(71)56-53-50-47-44-41-39-36-32-29-26-23-20-17-14-11-8-5-2)59-78-69-67(65(74)64(73)66(81-69)68(75)76)80-63(72)57-54-51-48-45-42-38-34-27-24-21-18-15-12-9-6-3/h16-21,25-29,31,33-34,60,64-67,69,73-74H,4-15,22-24,30,32,35-59H2,1-3H3,(H,75,76)/b19-16-,20-17-,21-18-,28-25-,29-26-,33-31-,34-27-. The minimum Gasteiger partial charge on any atom is -0.479 e. The molecule has 0 aromatic rings. The van der Waals surface area contributed by atoms with Crippen LogP contribution in [0.15, 0.2) is 85.1 Å². The van der Waals surface area contributed by atoms with Gasteiger partial charge in [0.15, 0.2) is 24.6 Å². The van der Waals surface area contributed by atoms with Crippen LogP contribution in [0.25, 0.3) is 0 Å². The van der Waals surface area contributed by atoms with Crippen molar-refractivity contribution in [2.24, 2.45) is 0 Å². The summed E-state index contributed by atoms with van der Waals surface area (Å²) in [5.41, 5.74) is 0. The van der Waals surface area contributed by atoms with Gasteiger partial charge in [-0.15, -0.1) is 0 Å². The predicted octanol–water partition coefficient (Wildman–Crippen LogP) is 17.5. The quantitative estimate of drug-likeness (QED) is 0.0228. The molecular formula is C69H116O12. The number of carbonyl (C=O) groups is 4. The van der Waals surface area contributed by atoms with Gasteiger partial charge in [0.2, 0.25) is 0 Å². The number of esters is 3. The Morgan fingerprint density at radius 3 is 1.12 bits per heavy atom. The number of hydrogen-bond acceptors (Lipinski definition) is 11. The molecule has 464 valence electrons.